The van der Waals surface area contributed by atoms with Gasteiger partial charge < -0.3 is 5.11 Å². The third-order valence-electron chi connectivity index (χ3n) is 2.73. The van der Waals surface area contributed by atoms with Crippen molar-refractivity contribution in [3.8, 4) is 16.9 Å². The highest BCUT2D eigenvalue weighted by molar-refractivity contribution is 5.69. The molecule has 2 rings (SSSR count). The molecule has 0 bridgehead atoms. The van der Waals surface area contributed by atoms with Gasteiger partial charge in [0.1, 0.15) is 5.75 Å². The Morgan fingerprint density at radius 2 is 1.75 bits per heavy atom. The first-order valence-corrected chi connectivity index (χ1v) is 5.48. The molecular weight excluding hydrogens is 196 g/mol. The molecule has 0 spiro atoms. The molecule has 0 saturated heterocycles. The van der Waals surface area contributed by atoms with Crippen LogP contribution in [0.5, 0.6) is 5.75 Å². The Kier molecular flexibility index (Phi) is 2.95. The van der Waals surface area contributed by atoms with Crippen molar-refractivity contribution in [2.75, 3.05) is 0 Å². The summed E-state index contributed by atoms with van der Waals surface area (Å²) in [7, 11) is 0. The van der Waals surface area contributed by atoms with Crippen molar-refractivity contribution < 1.29 is 5.11 Å². The number of hydrogen-bond donors (Lipinski definition) is 1. The molecule has 1 heteroatoms. The molecule has 0 fully saturated rings. The second kappa shape index (κ2) is 4.40. The van der Waals surface area contributed by atoms with Gasteiger partial charge in [-0.05, 0) is 29.2 Å². The minimum atomic E-state index is 0.278. The van der Waals surface area contributed by atoms with E-state index in [1.165, 1.54) is 5.56 Å². The topological polar surface area (TPSA) is 20.2 Å². The quantitative estimate of drug-likeness (QED) is 0.796. The van der Waals surface area contributed by atoms with E-state index in [-0.39, 0.29) is 5.75 Å². The molecule has 0 aliphatic heterocycles. The van der Waals surface area contributed by atoms with E-state index in [1.54, 1.807) is 6.07 Å². The largest absolute Gasteiger partial charge is 0.507 e. The molecule has 16 heavy (non-hydrogen) atoms. The average molecular weight is 211 g/mol. The van der Waals surface area contributed by atoms with Crippen molar-refractivity contribution >= 4 is 0 Å². The van der Waals surface area contributed by atoms with Crippen molar-refractivity contribution in [3.05, 3.63) is 54.1 Å². The van der Waals surface area contributed by atoms with Crippen LogP contribution in [0.15, 0.2) is 42.5 Å². The molecule has 0 atom stereocenters. The maximum atomic E-state index is 9.71. The van der Waals surface area contributed by atoms with Gasteiger partial charge in [-0.2, -0.15) is 0 Å². The summed E-state index contributed by atoms with van der Waals surface area (Å²) in [6.07, 6.45) is 0. The van der Waals surface area contributed by atoms with Crippen LogP contribution in [0.2, 0.25) is 0 Å². The normalized spacial score (nSPS) is 10.7. The third-order valence-corrected chi connectivity index (χ3v) is 2.73. The lowest BCUT2D eigenvalue weighted by molar-refractivity contribution is 0.477. The smallest absolute Gasteiger partial charge is 0.124 e. The Balaban J connectivity index is 2.39. The zero-order valence-electron chi connectivity index (χ0n) is 9.57. The van der Waals surface area contributed by atoms with E-state index in [0.717, 1.165) is 11.1 Å². The van der Waals surface area contributed by atoms with Gasteiger partial charge in [-0.1, -0.05) is 50.2 Å². The predicted molar refractivity (Wildman–Crippen MR) is 66.5 cm³/mol. The van der Waals surface area contributed by atoms with Crippen molar-refractivity contribution in [1.82, 2.24) is 0 Å². The van der Waals surface area contributed by atoms with E-state index in [0.29, 0.717) is 5.92 Å². The fourth-order valence-electron chi connectivity index (χ4n) is 1.71. The van der Waals surface area contributed by atoms with E-state index in [2.05, 4.69) is 32.0 Å². The highest BCUT2D eigenvalue weighted by Gasteiger charge is 2.04. The highest BCUT2D eigenvalue weighted by Crippen LogP contribution is 2.29. The third kappa shape index (κ3) is 2.08. The molecule has 0 aromatic heterocycles. The fraction of sp³-hybridized carbons (Fsp3) is 0.200. The van der Waals surface area contributed by atoms with Gasteiger partial charge >= 0.3 is 0 Å². The molecule has 0 aliphatic carbocycles. The van der Waals surface area contributed by atoms with Crippen LogP contribution in [0.1, 0.15) is 25.3 Å². The summed E-state index contributed by atoms with van der Waals surface area (Å²) in [6.45, 7) is 4.34. The molecule has 2 aromatic rings. The van der Waals surface area contributed by atoms with Gasteiger partial charge in [0, 0.05) is 5.56 Å². The predicted octanol–water partition coefficient (Wildman–Crippen LogP) is 3.98. The lowest BCUT2D eigenvalue weighted by Crippen LogP contribution is -1.86. The Labute approximate surface area is 96.4 Å². The van der Waals surface area contributed by atoms with E-state index in [4.69, 9.17) is 0 Å². The number of rotatable bonds is 2. The van der Waals surface area contributed by atoms with Gasteiger partial charge in [0.2, 0.25) is 0 Å². The first kappa shape index (κ1) is 10.7. The number of benzene rings is 2. The summed E-state index contributed by atoms with van der Waals surface area (Å²) in [4.78, 5) is 0. The SMILES string of the molecule is CC(C)c1ccc(-c2cc[c]cc2O)cc1. The van der Waals surface area contributed by atoms with E-state index in [9.17, 15) is 5.11 Å². The maximum absolute atomic E-state index is 9.71. The Hall–Kier alpha value is -1.76. The summed E-state index contributed by atoms with van der Waals surface area (Å²) in [5, 5.41) is 9.71. The second-order valence-corrected chi connectivity index (χ2v) is 4.22. The summed E-state index contributed by atoms with van der Waals surface area (Å²) < 4.78 is 0. The van der Waals surface area contributed by atoms with Crippen molar-refractivity contribution in [2.24, 2.45) is 0 Å². The highest BCUT2D eigenvalue weighted by atomic mass is 16.3. The zero-order valence-corrected chi connectivity index (χ0v) is 9.57. The molecule has 0 aliphatic rings. The number of phenols is 1. The van der Waals surface area contributed by atoms with Crippen LogP contribution in [0, 0.1) is 6.07 Å². The van der Waals surface area contributed by atoms with Gasteiger partial charge in [0.05, 0.1) is 0 Å². The Morgan fingerprint density at radius 1 is 1.06 bits per heavy atom. The van der Waals surface area contributed by atoms with Gasteiger partial charge in [0.15, 0.2) is 0 Å². The van der Waals surface area contributed by atoms with Crippen LogP contribution in [0.25, 0.3) is 11.1 Å². The fourth-order valence-corrected chi connectivity index (χ4v) is 1.71. The molecule has 1 N–H and O–H groups in total. The molecule has 0 saturated carbocycles. The van der Waals surface area contributed by atoms with Crippen molar-refractivity contribution in [3.63, 3.8) is 0 Å². The van der Waals surface area contributed by atoms with Crippen LogP contribution in [0.3, 0.4) is 0 Å². The molecule has 2 aromatic carbocycles. The maximum Gasteiger partial charge on any atom is 0.124 e. The van der Waals surface area contributed by atoms with Crippen molar-refractivity contribution in [2.45, 2.75) is 19.8 Å². The van der Waals surface area contributed by atoms with E-state index >= 15 is 0 Å². The van der Waals surface area contributed by atoms with E-state index < -0.39 is 0 Å². The summed E-state index contributed by atoms with van der Waals surface area (Å²) >= 11 is 0. The molecule has 0 heterocycles. The monoisotopic (exact) mass is 211 g/mol. The van der Waals surface area contributed by atoms with E-state index in [1.807, 2.05) is 24.3 Å². The zero-order chi connectivity index (χ0) is 11.5. The van der Waals surface area contributed by atoms with Gasteiger partial charge in [0.25, 0.3) is 0 Å². The Bertz CT molecular complexity index is 469. The van der Waals surface area contributed by atoms with Crippen LogP contribution in [-0.2, 0) is 0 Å². The van der Waals surface area contributed by atoms with Crippen LogP contribution in [0.4, 0.5) is 0 Å². The van der Waals surface area contributed by atoms with Gasteiger partial charge in [-0.3, -0.25) is 0 Å². The molecule has 0 unspecified atom stereocenters. The molecule has 0 amide bonds. The number of phenolic OH excluding ortho intramolecular Hbond substituents is 1. The van der Waals surface area contributed by atoms with Crippen molar-refractivity contribution in [1.29, 1.82) is 0 Å². The number of hydrogen-bond acceptors (Lipinski definition) is 1. The first-order chi connectivity index (χ1) is 7.68. The number of aromatic hydroxyl groups is 1. The summed E-state index contributed by atoms with van der Waals surface area (Å²) in [5.41, 5.74) is 3.20. The minimum absolute atomic E-state index is 0.278. The molecular formula is C15H15O. The summed E-state index contributed by atoms with van der Waals surface area (Å²) in [5.74, 6) is 0.812. The average Bonchev–Trinajstić information content (AvgIpc) is 2.30. The Morgan fingerprint density at radius 3 is 2.31 bits per heavy atom. The summed E-state index contributed by atoms with van der Waals surface area (Å²) in [6, 6.07) is 16.4. The molecule has 1 nitrogen and oxygen atoms in total. The van der Waals surface area contributed by atoms with Crippen LogP contribution in [-0.4, -0.2) is 5.11 Å². The second-order valence-electron chi connectivity index (χ2n) is 4.22. The molecule has 81 valence electrons. The lowest BCUT2D eigenvalue weighted by atomic mass is 9.98. The van der Waals surface area contributed by atoms with Gasteiger partial charge in [-0.25, -0.2) is 0 Å². The minimum Gasteiger partial charge on any atom is -0.507 e. The van der Waals surface area contributed by atoms with Gasteiger partial charge in [-0.15, -0.1) is 0 Å². The first-order valence-electron chi connectivity index (χ1n) is 5.48. The molecule has 1 radical (unpaired) electrons. The standard InChI is InChI=1S/C15H15O/c1-11(2)12-7-9-13(10-8-12)14-5-3-4-6-15(14)16/h3,5-11,16H,1-2H3. The van der Waals surface area contributed by atoms with Crippen LogP contribution >= 0.6 is 0 Å². The lowest BCUT2D eigenvalue weighted by Gasteiger charge is -2.08. The van der Waals surface area contributed by atoms with Crippen LogP contribution < -0.4 is 0 Å².